The maximum atomic E-state index is 9.57. The van der Waals surface area contributed by atoms with Crippen LogP contribution in [0.2, 0.25) is 0 Å². The number of aliphatic hydroxyl groups is 1. The number of methoxy groups -OCH3 is 1. The Labute approximate surface area is 109 Å². The third kappa shape index (κ3) is 3.47. The fourth-order valence-corrected chi connectivity index (χ4v) is 2.54. The van der Waals surface area contributed by atoms with E-state index in [-0.39, 0.29) is 6.10 Å². The van der Waals surface area contributed by atoms with Crippen molar-refractivity contribution in [3.63, 3.8) is 0 Å². The molecule has 1 aromatic rings. The number of hydrogen-bond acceptors (Lipinski definition) is 3. The lowest BCUT2D eigenvalue weighted by molar-refractivity contribution is 0.128. The second-order valence-corrected chi connectivity index (χ2v) is 5.19. The molecule has 2 unspecified atom stereocenters. The van der Waals surface area contributed by atoms with Gasteiger partial charge in [0.2, 0.25) is 0 Å². The maximum Gasteiger partial charge on any atom is 0.118 e. The summed E-state index contributed by atoms with van der Waals surface area (Å²) in [5.74, 6) is 1.37. The molecule has 1 fully saturated rings. The van der Waals surface area contributed by atoms with Crippen LogP contribution in [-0.4, -0.2) is 42.9 Å². The van der Waals surface area contributed by atoms with Gasteiger partial charge < -0.3 is 14.7 Å². The minimum atomic E-state index is -0.170. The van der Waals surface area contributed by atoms with Gasteiger partial charge in [0.05, 0.1) is 13.2 Å². The van der Waals surface area contributed by atoms with Gasteiger partial charge in [0.15, 0.2) is 0 Å². The topological polar surface area (TPSA) is 32.7 Å². The van der Waals surface area contributed by atoms with Crippen molar-refractivity contribution in [1.29, 1.82) is 0 Å². The van der Waals surface area contributed by atoms with Crippen LogP contribution in [0.3, 0.4) is 0 Å². The fourth-order valence-electron chi connectivity index (χ4n) is 2.54. The molecule has 1 aliphatic heterocycles. The van der Waals surface area contributed by atoms with E-state index in [9.17, 15) is 5.11 Å². The average molecular weight is 249 g/mol. The van der Waals surface area contributed by atoms with Crippen LogP contribution >= 0.6 is 0 Å². The summed E-state index contributed by atoms with van der Waals surface area (Å²) in [7, 11) is 1.69. The van der Waals surface area contributed by atoms with Gasteiger partial charge in [0.25, 0.3) is 0 Å². The lowest BCUT2D eigenvalue weighted by atomic mass is 10.0. The summed E-state index contributed by atoms with van der Waals surface area (Å²) in [4.78, 5) is 2.45. The molecule has 0 spiro atoms. The Morgan fingerprint density at radius 3 is 2.67 bits per heavy atom. The first-order valence-electron chi connectivity index (χ1n) is 6.72. The minimum absolute atomic E-state index is 0.170. The highest BCUT2D eigenvalue weighted by Crippen LogP contribution is 2.20. The van der Waals surface area contributed by atoms with Crippen molar-refractivity contribution in [3.05, 3.63) is 29.8 Å². The molecular weight excluding hydrogens is 226 g/mol. The zero-order chi connectivity index (χ0) is 13.0. The third-order valence-electron chi connectivity index (χ3n) is 3.87. The summed E-state index contributed by atoms with van der Waals surface area (Å²) in [6, 6.07) is 8.28. The van der Waals surface area contributed by atoms with Crippen LogP contribution in [0.4, 0.5) is 0 Å². The summed E-state index contributed by atoms with van der Waals surface area (Å²) in [6.45, 7) is 5.13. The van der Waals surface area contributed by atoms with Crippen LogP contribution in [0.5, 0.6) is 5.75 Å². The van der Waals surface area contributed by atoms with Crippen molar-refractivity contribution in [1.82, 2.24) is 4.90 Å². The van der Waals surface area contributed by atoms with Crippen molar-refractivity contribution < 1.29 is 9.84 Å². The molecular formula is C15H23NO2. The predicted octanol–water partition coefficient (Wildman–Crippen LogP) is 1.94. The lowest BCUT2D eigenvalue weighted by Gasteiger charge is -2.17. The van der Waals surface area contributed by atoms with Crippen LogP contribution in [0.15, 0.2) is 24.3 Å². The van der Waals surface area contributed by atoms with E-state index in [1.807, 2.05) is 19.1 Å². The van der Waals surface area contributed by atoms with E-state index in [1.54, 1.807) is 7.11 Å². The third-order valence-corrected chi connectivity index (χ3v) is 3.87. The van der Waals surface area contributed by atoms with E-state index in [4.69, 9.17) is 4.74 Å². The van der Waals surface area contributed by atoms with Crippen molar-refractivity contribution in [3.8, 4) is 5.75 Å². The Kier molecular flexibility index (Phi) is 4.61. The first kappa shape index (κ1) is 13.4. The van der Waals surface area contributed by atoms with Gasteiger partial charge >= 0.3 is 0 Å². The zero-order valence-electron chi connectivity index (χ0n) is 11.3. The monoisotopic (exact) mass is 249 g/mol. The molecule has 3 heteroatoms. The zero-order valence-corrected chi connectivity index (χ0v) is 11.3. The largest absolute Gasteiger partial charge is 0.497 e. The quantitative estimate of drug-likeness (QED) is 0.865. The molecule has 0 aromatic heterocycles. The van der Waals surface area contributed by atoms with Gasteiger partial charge in [-0.05, 0) is 49.9 Å². The van der Waals surface area contributed by atoms with E-state index in [1.165, 1.54) is 5.56 Å². The second-order valence-electron chi connectivity index (χ2n) is 5.19. The van der Waals surface area contributed by atoms with Crippen LogP contribution in [-0.2, 0) is 6.42 Å². The first-order valence-corrected chi connectivity index (χ1v) is 6.72. The molecule has 1 aliphatic rings. The Bertz CT molecular complexity index is 361. The molecule has 1 heterocycles. The number of nitrogens with zero attached hydrogens (tertiary/aromatic N) is 1. The molecule has 2 rings (SSSR count). The van der Waals surface area contributed by atoms with Gasteiger partial charge in [-0.3, -0.25) is 0 Å². The predicted molar refractivity (Wildman–Crippen MR) is 72.9 cm³/mol. The minimum Gasteiger partial charge on any atom is -0.497 e. The van der Waals surface area contributed by atoms with Crippen molar-refractivity contribution >= 4 is 0 Å². The van der Waals surface area contributed by atoms with Crippen LogP contribution in [0, 0.1) is 5.92 Å². The molecule has 0 saturated carbocycles. The van der Waals surface area contributed by atoms with Crippen LogP contribution in [0.25, 0.3) is 0 Å². The van der Waals surface area contributed by atoms with Gasteiger partial charge in [0, 0.05) is 13.1 Å². The summed E-state index contributed by atoms with van der Waals surface area (Å²) in [5.41, 5.74) is 1.34. The molecule has 100 valence electrons. The normalized spacial score (nSPS) is 22.1. The van der Waals surface area contributed by atoms with Gasteiger partial charge in [-0.25, -0.2) is 0 Å². The van der Waals surface area contributed by atoms with E-state index in [0.717, 1.165) is 38.2 Å². The summed E-state index contributed by atoms with van der Waals surface area (Å²) in [5, 5.41) is 9.57. The highest BCUT2D eigenvalue weighted by Gasteiger charge is 2.25. The van der Waals surface area contributed by atoms with Crippen molar-refractivity contribution in [2.75, 3.05) is 26.7 Å². The number of aliphatic hydroxyl groups excluding tert-OH is 1. The summed E-state index contributed by atoms with van der Waals surface area (Å²) < 4.78 is 5.15. The van der Waals surface area contributed by atoms with Crippen LogP contribution in [0.1, 0.15) is 18.9 Å². The average Bonchev–Trinajstić information content (AvgIpc) is 2.86. The Balaban J connectivity index is 1.78. The van der Waals surface area contributed by atoms with Crippen molar-refractivity contribution in [2.24, 2.45) is 5.92 Å². The standard InChI is InChI=1S/C15H23NO2/c1-12(17)14-8-10-16(11-14)9-7-13-3-5-15(18-2)6-4-13/h3-6,12,14,17H,7-11H2,1-2H3. The molecule has 18 heavy (non-hydrogen) atoms. The Morgan fingerprint density at radius 2 is 2.11 bits per heavy atom. The first-order chi connectivity index (χ1) is 8.69. The van der Waals surface area contributed by atoms with E-state index in [2.05, 4.69) is 17.0 Å². The maximum absolute atomic E-state index is 9.57. The highest BCUT2D eigenvalue weighted by molar-refractivity contribution is 5.27. The molecule has 0 bridgehead atoms. The lowest BCUT2D eigenvalue weighted by Crippen LogP contribution is -2.26. The summed E-state index contributed by atoms with van der Waals surface area (Å²) >= 11 is 0. The van der Waals surface area contributed by atoms with Crippen molar-refractivity contribution in [2.45, 2.75) is 25.9 Å². The molecule has 0 radical (unpaired) electrons. The molecule has 2 atom stereocenters. The molecule has 3 nitrogen and oxygen atoms in total. The van der Waals surface area contributed by atoms with E-state index in [0.29, 0.717) is 5.92 Å². The Hall–Kier alpha value is -1.06. The number of benzene rings is 1. The van der Waals surface area contributed by atoms with Gasteiger partial charge in [0.1, 0.15) is 5.75 Å². The number of likely N-dealkylation sites (tertiary alicyclic amines) is 1. The highest BCUT2D eigenvalue weighted by atomic mass is 16.5. The smallest absolute Gasteiger partial charge is 0.118 e. The van der Waals surface area contributed by atoms with E-state index < -0.39 is 0 Å². The molecule has 0 amide bonds. The number of hydrogen-bond donors (Lipinski definition) is 1. The number of rotatable bonds is 5. The molecule has 0 aliphatic carbocycles. The van der Waals surface area contributed by atoms with Crippen LogP contribution < -0.4 is 4.74 Å². The SMILES string of the molecule is COc1ccc(CCN2CCC(C(C)O)C2)cc1. The van der Waals surface area contributed by atoms with Gasteiger partial charge in [-0.2, -0.15) is 0 Å². The molecule has 1 N–H and O–H groups in total. The Morgan fingerprint density at radius 1 is 1.39 bits per heavy atom. The molecule has 1 saturated heterocycles. The van der Waals surface area contributed by atoms with Gasteiger partial charge in [-0.15, -0.1) is 0 Å². The van der Waals surface area contributed by atoms with Gasteiger partial charge in [-0.1, -0.05) is 12.1 Å². The number of ether oxygens (including phenoxy) is 1. The second kappa shape index (κ2) is 6.21. The molecule has 1 aromatic carbocycles. The fraction of sp³-hybridized carbons (Fsp3) is 0.600. The summed E-state index contributed by atoms with van der Waals surface area (Å²) in [6.07, 6.45) is 2.02. The van der Waals surface area contributed by atoms with E-state index >= 15 is 0 Å².